The summed E-state index contributed by atoms with van der Waals surface area (Å²) in [6.45, 7) is 2.25. The van der Waals surface area contributed by atoms with Crippen LogP contribution in [0.3, 0.4) is 0 Å². The first-order chi connectivity index (χ1) is 15.9. The van der Waals surface area contributed by atoms with E-state index in [1.807, 2.05) is 4.90 Å². The van der Waals surface area contributed by atoms with Crippen molar-refractivity contribution in [3.63, 3.8) is 0 Å². The molecule has 10 heteroatoms. The summed E-state index contributed by atoms with van der Waals surface area (Å²) in [5, 5.41) is 14.6. The summed E-state index contributed by atoms with van der Waals surface area (Å²) in [4.78, 5) is 12.2. The Morgan fingerprint density at radius 3 is 2.52 bits per heavy atom. The standard InChI is InChI=1S/C23H28F2N4O3S/c24-16-12-15(13-17(25)14-16)23(30)5-7-29(8-6-23)22-27-19-2-1-11-33(31)20(19)21(28-22)26-18-3-9-32-10-4-18/h12-14,18,30H,1-11H2,(H,26,27,28). The molecular weight excluding hydrogens is 450 g/mol. The number of aromatic nitrogens is 2. The summed E-state index contributed by atoms with van der Waals surface area (Å²) in [6.07, 6.45) is 3.89. The zero-order chi connectivity index (χ0) is 23.0. The highest BCUT2D eigenvalue weighted by Crippen LogP contribution is 2.36. The maximum Gasteiger partial charge on any atom is 0.227 e. The van der Waals surface area contributed by atoms with Gasteiger partial charge in [-0.15, -0.1) is 0 Å². The predicted octanol–water partition coefficient (Wildman–Crippen LogP) is 2.89. The van der Waals surface area contributed by atoms with Crippen molar-refractivity contribution < 1.29 is 22.8 Å². The number of piperidine rings is 1. The van der Waals surface area contributed by atoms with Crippen LogP contribution < -0.4 is 10.2 Å². The van der Waals surface area contributed by atoms with Crippen LogP contribution in [-0.4, -0.2) is 57.4 Å². The molecule has 1 aromatic carbocycles. The Morgan fingerprint density at radius 2 is 1.82 bits per heavy atom. The Balaban J connectivity index is 1.39. The van der Waals surface area contributed by atoms with Crippen LogP contribution in [0, 0.1) is 11.6 Å². The second-order valence-electron chi connectivity index (χ2n) is 9.01. The minimum absolute atomic E-state index is 0.207. The smallest absolute Gasteiger partial charge is 0.227 e. The lowest BCUT2D eigenvalue weighted by Gasteiger charge is -2.39. The van der Waals surface area contributed by atoms with Crippen molar-refractivity contribution in [3.8, 4) is 0 Å². The van der Waals surface area contributed by atoms with Crippen molar-refractivity contribution in [2.24, 2.45) is 0 Å². The topological polar surface area (TPSA) is 87.6 Å². The van der Waals surface area contributed by atoms with Gasteiger partial charge in [-0.3, -0.25) is 4.21 Å². The van der Waals surface area contributed by atoms with Gasteiger partial charge in [0, 0.05) is 44.2 Å². The van der Waals surface area contributed by atoms with Gasteiger partial charge in [-0.2, -0.15) is 4.98 Å². The van der Waals surface area contributed by atoms with Crippen molar-refractivity contribution in [3.05, 3.63) is 41.1 Å². The first kappa shape index (κ1) is 22.6. The number of hydrogen-bond acceptors (Lipinski definition) is 7. The van der Waals surface area contributed by atoms with Crippen LogP contribution in [0.2, 0.25) is 0 Å². The first-order valence-electron chi connectivity index (χ1n) is 11.5. The summed E-state index contributed by atoms with van der Waals surface area (Å²) in [5.41, 5.74) is -0.242. The number of fused-ring (bicyclic) bond motifs is 1. The fourth-order valence-corrected chi connectivity index (χ4v) is 6.17. The molecule has 2 saturated heterocycles. The SMILES string of the molecule is O=S1CCCc2nc(N3CCC(O)(c4cc(F)cc(F)c4)CC3)nc(NC3CCOCC3)c21. The number of aryl methyl sites for hydroxylation is 1. The van der Waals surface area contributed by atoms with Crippen LogP contribution in [0.1, 0.15) is 43.4 Å². The molecule has 1 atom stereocenters. The third kappa shape index (κ3) is 4.74. The summed E-state index contributed by atoms with van der Waals surface area (Å²) in [7, 11) is -1.13. The van der Waals surface area contributed by atoms with Gasteiger partial charge in [-0.25, -0.2) is 13.8 Å². The number of ether oxygens (including phenoxy) is 1. The lowest BCUT2D eigenvalue weighted by atomic mass is 9.84. The van der Waals surface area contributed by atoms with Crippen LogP contribution in [0.5, 0.6) is 0 Å². The largest absolute Gasteiger partial charge is 0.385 e. The average molecular weight is 479 g/mol. The minimum Gasteiger partial charge on any atom is -0.385 e. The van der Waals surface area contributed by atoms with Crippen molar-refractivity contribution in [1.82, 2.24) is 9.97 Å². The van der Waals surface area contributed by atoms with E-state index >= 15 is 0 Å². The third-order valence-corrected chi connectivity index (χ3v) is 8.27. The van der Waals surface area contributed by atoms with E-state index in [4.69, 9.17) is 14.7 Å². The molecule has 0 radical (unpaired) electrons. The van der Waals surface area contributed by atoms with Gasteiger partial charge >= 0.3 is 0 Å². The third-order valence-electron chi connectivity index (χ3n) is 6.73. The van der Waals surface area contributed by atoms with Crippen LogP contribution in [0.4, 0.5) is 20.5 Å². The maximum absolute atomic E-state index is 13.7. The Kier molecular flexibility index (Phi) is 6.32. The van der Waals surface area contributed by atoms with Gasteiger partial charge in [-0.05, 0) is 56.2 Å². The molecule has 2 fully saturated rings. The first-order valence-corrected chi connectivity index (χ1v) is 12.8. The van der Waals surface area contributed by atoms with Crippen LogP contribution >= 0.6 is 0 Å². The summed E-state index contributed by atoms with van der Waals surface area (Å²) in [5.74, 6) is 0.383. The number of halogens is 2. The van der Waals surface area contributed by atoms with E-state index in [9.17, 15) is 18.1 Å². The van der Waals surface area contributed by atoms with E-state index in [2.05, 4.69) is 5.32 Å². The van der Waals surface area contributed by atoms with Crippen LogP contribution in [-0.2, 0) is 27.6 Å². The summed E-state index contributed by atoms with van der Waals surface area (Å²) >= 11 is 0. The molecule has 0 spiro atoms. The molecule has 1 unspecified atom stereocenters. The van der Waals surface area contributed by atoms with Gasteiger partial charge in [0.25, 0.3) is 0 Å². The highest BCUT2D eigenvalue weighted by molar-refractivity contribution is 7.85. The highest BCUT2D eigenvalue weighted by Gasteiger charge is 2.36. The molecule has 1 aromatic heterocycles. The van der Waals surface area contributed by atoms with Crippen LogP contribution in [0.25, 0.3) is 0 Å². The predicted molar refractivity (Wildman–Crippen MR) is 121 cm³/mol. The Bertz CT molecular complexity index is 1040. The number of benzene rings is 1. The zero-order valence-electron chi connectivity index (χ0n) is 18.4. The summed E-state index contributed by atoms with van der Waals surface area (Å²) in [6, 6.07) is 3.40. The van der Waals surface area contributed by atoms with E-state index in [1.54, 1.807) is 0 Å². The van der Waals surface area contributed by atoms with Gasteiger partial charge < -0.3 is 20.1 Å². The van der Waals surface area contributed by atoms with Crippen molar-refractivity contribution in [2.75, 3.05) is 42.3 Å². The van der Waals surface area contributed by atoms with E-state index in [0.29, 0.717) is 61.6 Å². The number of anilines is 2. The molecule has 5 rings (SSSR count). The molecule has 2 N–H and O–H groups in total. The van der Waals surface area contributed by atoms with Crippen molar-refractivity contribution >= 4 is 22.6 Å². The molecule has 4 heterocycles. The molecule has 2 aromatic rings. The molecule has 0 amide bonds. The Hall–Kier alpha value is -2.17. The number of nitrogens with one attached hydrogen (secondary N) is 1. The molecule has 0 bridgehead atoms. The van der Waals surface area contributed by atoms with E-state index in [0.717, 1.165) is 37.4 Å². The monoisotopic (exact) mass is 478 g/mol. The number of nitrogens with zero attached hydrogens (tertiary/aromatic N) is 3. The molecule has 0 aliphatic carbocycles. The molecule has 7 nitrogen and oxygen atoms in total. The van der Waals surface area contributed by atoms with Gasteiger partial charge in [0.1, 0.15) is 22.3 Å². The van der Waals surface area contributed by atoms with E-state index in [1.165, 1.54) is 12.1 Å². The number of aliphatic hydroxyl groups is 1. The lowest BCUT2D eigenvalue weighted by molar-refractivity contribution is 0.0109. The number of hydrogen-bond donors (Lipinski definition) is 2. The Labute approximate surface area is 194 Å². The Morgan fingerprint density at radius 1 is 1.12 bits per heavy atom. The maximum atomic E-state index is 13.7. The van der Waals surface area contributed by atoms with Crippen molar-refractivity contribution in [1.29, 1.82) is 0 Å². The lowest BCUT2D eigenvalue weighted by Crippen LogP contribution is -2.43. The second kappa shape index (κ2) is 9.23. The quantitative estimate of drug-likeness (QED) is 0.699. The fourth-order valence-electron chi connectivity index (χ4n) is 4.83. The highest BCUT2D eigenvalue weighted by atomic mass is 32.2. The molecular formula is C23H28F2N4O3S. The molecule has 3 aliphatic heterocycles. The molecule has 0 saturated carbocycles. The van der Waals surface area contributed by atoms with Crippen LogP contribution in [0.15, 0.2) is 23.1 Å². The number of rotatable bonds is 4. The zero-order valence-corrected chi connectivity index (χ0v) is 19.2. The van der Waals surface area contributed by atoms with Gasteiger partial charge in [0.05, 0.1) is 22.1 Å². The second-order valence-corrected chi connectivity index (χ2v) is 10.5. The van der Waals surface area contributed by atoms with Gasteiger partial charge in [0.15, 0.2) is 0 Å². The molecule has 3 aliphatic rings. The normalized spacial score (nSPS) is 23.2. The molecule has 33 heavy (non-hydrogen) atoms. The van der Waals surface area contributed by atoms with E-state index in [-0.39, 0.29) is 11.6 Å². The fraction of sp³-hybridized carbons (Fsp3) is 0.565. The van der Waals surface area contributed by atoms with Crippen molar-refractivity contribution in [2.45, 2.75) is 55.1 Å². The van der Waals surface area contributed by atoms with Gasteiger partial charge in [-0.1, -0.05) is 0 Å². The van der Waals surface area contributed by atoms with Gasteiger partial charge in [0.2, 0.25) is 5.95 Å². The minimum atomic E-state index is -1.31. The average Bonchev–Trinajstić information content (AvgIpc) is 2.79. The van der Waals surface area contributed by atoms with E-state index < -0.39 is 28.0 Å². The molecule has 178 valence electrons. The summed E-state index contributed by atoms with van der Waals surface area (Å²) < 4.78 is 45.6.